The predicted molar refractivity (Wildman–Crippen MR) is 70.1 cm³/mol. The van der Waals surface area contributed by atoms with E-state index in [4.69, 9.17) is 0 Å². The Balaban J connectivity index is 2.16. The van der Waals surface area contributed by atoms with E-state index in [0.29, 0.717) is 6.04 Å². The van der Waals surface area contributed by atoms with Crippen LogP contribution in [0, 0.1) is 0 Å². The lowest BCUT2D eigenvalue weighted by molar-refractivity contribution is 0.449. The normalized spacial score (nSPS) is 21.1. The minimum atomic E-state index is 0.652. The average Bonchev–Trinajstić information content (AvgIpc) is 2.38. The van der Waals surface area contributed by atoms with Gasteiger partial charge in [0, 0.05) is 24.8 Å². The van der Waals surface area contributed by atoms with Gasteiger partial charge in [0.25, 0.3) is 0 Å². The third-order valence-electron chi connectivity index (χ3n) is 3.54. The maximum atomic E-state index is 3.40. The highest BCUT2D eigenvalue weighted by molar-refractivity contribution is 5.54. The number of benzene rings is 1. The number of aryl methyl sites for hydroxylation is 1. The second kappa shape index (κ2) is 5.35. The number of hydrogen-bond donors (Lipinski definition) is 1. The number of anilines is 1. The summed E-state index contributed by atoms with van der Waals surface area (Å²) in [5.74, 6) is 0. The van der Waals surface area contributed by atoms with Crippen LogP contribution in [0.4, 0.5) is 5.69 Å². The minimum absolute atomic E-state index is 0.652. The van der Waals surface area contributed by atoms with Gasteiger partial charge in [-0.1, -0.05) is 25.1 Å². The van der Waals surface area contributed by atoms with Gasteiger partial charge in [-0.2, -0.15) is 0 Å². The van der Waals surface area contributed by atoms with Crippen LogP contribution in [0.5, 0.6) is 0 Å². The number of likely N-dealkylation sites (N-methyl/N-ethyl adjacent to an activating group) is 1. The monoisotopic (exact) mass is 218 g/mol. The van der Waals surface area contributed by atoms with Gasteiger partial charge in [0.1, 0.15) is 0 Å². The fraction of sp³-hybridized carbons (Fsp3) is 0.571. The van der Waals surface area contributed by atoms with Crippen LogP contribution < -0.4 is 10.2 Å². The third-order valence-corrected chi connectivity index (χ3v) is 3.54. The van der Waals surface area contributed by atoms with Crippen molar-refractivity contribution in [2.45, 2.75) is 32.2 Å². The first-order valence-electron chi connectivity index (χ1n) is 6.35. The SMILES string of the molecule is CCc1ccccc1N1CCCC(NC)C1. The van der Waals surface area contributed by atoms with Crippen molar-refractivity contribution in [2.75, 3.05) is 25.0 Å². The molecule has 1 N–H and O–H groups in total. The van der Waals surface area contributed by atoms with E-state index in [1.807, 2.05) is 0 Å². The van der Waals surface area contributed by atoms with Crippen molar-refractivity contribution in [3.63, 3.8) is 0 Å². The molecule has 0 bridgehead atoms. The van der Waals surface area contributed by atoms with E-state index in [2.05, 4.69) is 48.5 Å². The topological polar surface area (TPSA) is 15.3 Å². The van der Waals surface area contributed by atoms with Crippen molar-refractivity contribution < 1.29 is 0 Å². The molecule has 0 saturated carbocycles. The van der Waals surface area contributed by atoms with Crippen LogP contribution in [0.1, 0.15) is 25.3 Å². The number of piperidine rings is 1. The largest absolute Gasteiger partial charge is 0.370 e. The van der Waals surface area contributed by atoms with Gasteiger partial charge >= 0.3 is 0 Å². The van der Waals surface area contributed by atoms with Crippen molar-refractivity contribution in [1.82, 2.24) is 5.32 Å². The first kappa shape index (κ1) is 11.5. The van der Waals surface area contributed by atoms with Crippen molar-refractivity contribution in [3.05, 3.63) is 29.8 Å². The molecule has 2 rings (SSSR count). The zero-order chi connectivity index (χ0) is 11.4. The zero-order valence-electron chi connectivity index (χ0n) is 10.4. The summed E-state index contributed by atoms with van der Waals surface area (Å²) in [6.07, 6.45) is 3.72. The average molecular weight is 218 g/mol. The Labute approximate surface area is 98.7 Å². The molecule has 1 unspecified atom stereocenters. The Morgan fingerprint density at radius 2 is 2.19 bits per heavy atom. The van der Waals surface area contributed by atoms with Gasteiger partial charge < -0.3 is 10.2 Å². The van der Waals surface area contributed by atoms with Crippen molar-refractivity contribution in [1.29, 1.82) is 0 Å². The molecule has 1 fully saturated rings. The summed E-state index contributed by atoms with van der Waals surface area (Å²) in [7, 11) is 2.07. The number of nitrogens with zero attached hydrogens (tertiary/aromatic N) is 1. The Kier molecular flexibility index (Phi) is 3.83. The molecule has 16 heavy (non-hydrogen) atoms. The number of hydrogen-bond acceptors (Lipinski definition) is 2. The molecule has 1 aliphatic heterocycles. The third kappa shape index (κ3) is 2.38. The Morgan fingerprint density at radius 3 is 2.94 bits per heavy atom. The maximum Gasteiger partial charge on any atom is 0.0399 e. The van der Waals surface area contributed by atoms with Crippen LogP contribution in [0.15, 0.2) is 24.3 Å². The van der Waals surface area contributed by atoms with Crippen LogP contribution in [-0.2, 0) is 6.42 Å². The van der Waals surface area contributed by atoms with Gasteiger partial charge in [0.05, 0.1) is 0 Å². The molecule has 1 heterocycles. The van der Waals surface area contributed by atoms with E-state index in [1.165, 1.54) is 30.6 Å². The Morgan fingerprint density at radius 1 is 1.38 bits per heavy atom. The number of rotatable bonds is 3. The highest BCUT2D eigenvalue weighted by atomic mass is 15.2. The summed E-state index contributed by atoms with van der Waals surface area (Å²) in [6.45, 7) is 4.58. The van der Waals surface area contributed by atoms with E-state index in [9.17, 15) is 0 Å². The molecule has 0 spiro atoms. The smallest absolute Gasteiger partial charge is 0.0399 e. The zero-order valence-corrected chi connectivity index (χ0v) is 10.4. The van der Waals surface area contributed by atoms with Gasteiger partial charge in [-0.3, -0.25) is 0 Å². The summed E-state index contributed by atoms with van der Waals surface area (Å²) in [4.78, 5) is 2.53. The first-order chi connectivity index (χ1) is 7.85. The number of nitrogens with one attached hydrogen (secondary N) is 1. The van der Waals surface area contributed by atoms with E-state index >= 15 is 0 Å². The lowest BCUT2D eigenvalue weighted by Gasteiger charge is -2.35. The molecule has 0 amide bonds. The molecular formula is C14H22N2. The molecule has 1 atom stereocenters. The van der Waals surface area contributed by atoms with Gasteiger partial charge in [-0.15, -0.1) is 0 Å². The fourth-order valence-electron chi connectivity index (χ4n) is 2.55. The molecule has 2 heteroatoms. The van der Waals surface area contributed by atoms with Crippen molar-refractivity contribution in [2.24, 2.45) is 0 Å². The predicted octanol–water partition coefficient (Wildman–Crippen LogP) is 2.44. The molecule has 0 aromatic heterocycles. The Bertz CT molecular complexity index is 335. The molecule has 88 valence electrons. The van der Waals surface area contributed by atoms with E-state index < -0.39 is 0 Å². The fourth-order valence-corrected chi connectivity index (χ4v) is 2.55. The summed E-state index contributed by atoms with van der Waals surface area (Å²) in [6, 6.07) is 9.45. The van der Waals surface area contributed by atoms with Crippen LogP contribution in [0.2, 0.25) is 0 Å². The highest BCUT2D eigenvalue weighted by Crippen LogP contribution is 2.24. The second-order valence-electron chi connectivity index (χ2n) is 4.56. The Hall–Kier alpha value is -1.02. The van der Waals surface area contributed by atoms with Crippen LogP contribution >= 0.6 is 0 Å². The van der Waals surface area contributed by atoms with Gasteiger partial charge in [0.15, 0.2) is 0 Å². The van der Waals surface area contributed by atoms with Crippen LogP contribution in [-0.4, -0.2) is 26.2 Å². The van der Waals surface area contributed by atoms with Crippen molar-refractivity contribution >= 4 is 5.69 Å². The van der Waals surface area contributed by atoms with E-state index in [1.54, 1.807) is 0 Å². The van der Waals surface area contributed by atoms with Gasteiger partial charge in [-0.05, 0) is 37.9 Å². The standard InChI is InChI=1S/C14H22N2/c1-3-12-7-4-5-9-14(12)16-10-6-8-13(11-16)15-2/h4-5,7,9,13,15H,3,6,8,10-11H2,1-2H3. The molecular weight excluding hydrogens is 196 g/mol. The quantitative estimate of drug-likeness (QED) is 0.838. The molecule has 1 aromatic rings. The van der Waals surface area contributed by atoms with Gasteiger partial charge in [-0.25, -0.2) is 0 Å². The molecule has 1 saturated heterocycles. The van der Waals surface area contributed by atoms with Gasteiger partial charge in [0.2, 0.25) is 0 Å². The highest BCUT2D eigenvalue weighted by Gasteiger charge is 2.19. The van der Waals surface area contributed by atoms with E-state index in [-0.39, 0.29) is 0 Å². The van der Waals surface area contributed by atoms with E-state index in [0.717, 1.165) is 13.0 Å². The van der Waals surface area contributed by atoms with Crippen molar-refractivity contribution in [3.8, 4) is 0 Å². The van der Waals surface area contributed by atoms with Crippen LogP contribution in [0.25, 0.3) is 0 Å². The minimum Gasteiger partial charge on any atom is -0.370 e. The summed E-state index contributed by atoms with van der Waals surface area (Å²) in [5, 5.41) is 3.40. The lowest BCUT2D eigenvalue weighted by atomic mass is 10.0. The molecule has 1 aromatic carbocycles. The molecule has 0 aliphatic carbocycles. The molecule has 0 radical (unpaired) electrons. The maximum absolute atomic E-state index is 3.40. The first-order valence-corrected chi connectivity index (χ1v) is 6.35. The second-order valence-corrected chi connectivity index (χ2v) is 4.56. The summed E-state index contributed by atoms with van der Waals surface area (Å²) < 4.78 is 0. The summed E-state index contributed by atoms with van der Waals surface area (Å²) in [5.41, 5.74) is 2.91. The number of para-hydroxylation sites is 1. The lowest BCUT2D eigenvalue weighted by Crippen LogP contribution is -2.44. The molecule has 1 aliphatic rings. The molecule has 2 nitrogen and oxygen atoms in total. The summed E-state index contributed by atoms with van der Waals surface area (Å²) >= 11 is 0. The van der Waals surface area contributed by atoms with Crippen LogP contribution in [0.3, 0.4) is 0 Å².